The fourth-order valence-electron chi connectivity index (χ4n) is 11.3. The number of sulfone groups is 2. The van der Waals surface area contributed by atoms with Crippen LogP contribution in [0, 0.1) is 52.4 Å². The van der Waals surface area contributed by atoms with Crippen molar-refractivity contribution in [2.75, 3.05) is 49.3 Å². The molecule has 2 saturated carbocycles. The van der Waals surface area contributed by atoms with Crippen molar-refractivity contribution in [3.8, 4) is 0 Å². The number of amides is 3. The molecule has 2 fully saturated rings. The van der Waals surface area contributed by atoms with Gasteiger partial charge in [-0.25, -0.2) is 31.2 Å². The molecule has 3 amide bonds. The van der Waals surface area contributed by atoms with Crippen molar-refractivity contribution in [2.45, 2.75) is 164 Å². The van der Waals surface area contributed by atoms with Gasteiger partial charge in [-0.2, -0.15) is 0 Å². The average Bonchev–Trinajstić information content (AvgIpc) is 1.86. The van der Waals surface area contributed by atoms with Gasteiger partial charge in [0.15, 0.2) is 0 Å². The number of aromatic carboxylic acids is 1. The van der Waals surface area contributed by atoms with E-state index in [2.05, 4.69) is 30.9 Å². The summed E-state index contributed by atoms with van der Waals surface area (Å²) in [4.78, 5) is 97.7. The highest BCUT2D eigenvalue weighted by Gasteiger charge is 2.43. The number of nitrogen functional groups attached to an aromatic ring is 1. The molecule has 2 aliphatic rings. The van der Waals surface area contributed by atoms with E-state index in [-0.39, 0.29) is 43.1 Å². The molecule has 0 spiro atoms. The van der Waals surface area contributed by atoms with E-state index in [1.807, 2.05) is 26.0 Å². The first-order valence-electron chi connectivity index (χ1n) is 29.9. The number of aromatic nitrogens is 3. The lowest BCUT2D eigenvalue weighted by atomic mass is 9.80. The second kappa shape index (κ2) is 36.4. The fourth-order valence-corrected chi connectivity index (χ4v) is 13.1. The molecule has 2 aromatic carbocycles. The number of unbranched alkanes of at least 4 members (excludes halogenated alkanes) is 2. The Balaban J connectivity index is 0.000000360. The first-order chi connectivity index (χ1) is 42.3. The molecule has 0 radical (unpaired) electrons. The van der Waals surface area contributed by atoms with Crippen molar-refractivity contribution >= 4 is 83.5 Å². The minimum atomic E-state index is -3.04. The Kier molecular flexibility index (Phi) is 31.1. The number of nitrogens with zero attached hydrogens (tertiary/aromatic N) is 3. The molecule has 498 valence electrons. The van der Waals surface area contributed by atoms with Crippen molar-refractivity contribution in [2.24, 2.45) is 10.8 Å². The lowest BCUT2D eigenvalue weighted by Crippen LogP contribution is -2.49. The van der Waals surface area contributed by atoms with E-state index < -0.39 is 65.7 Å². The highest BCUT2D eigenvalue weighted by Crippen LogP contribution is 2.44. The molecule has 2 atom stereocenters. The van der Waals surface area contributed by atoms with Crippen LogP contribution in [0.5, 0.6) is 0 Å². The number of rotatable bonds is 24. The van der Waals surface area contributed by atoms with E-state index in [9.17, 15) is 50.4 Å². The Labute approximate surface area is 542 Å². The molecular formula is C67H92ClN7O14S2. The number of hydrogen-bond acceptors (Lipinski definition) is 17. The molecule has 5 aromatic rings. The number of carboxylic acids is 1. The van der Waals surface area contributed by atoms with Crippen LogP contribution in [-0.4, -0.2) is 128 Å². The normalized spacial score (nSPS) is 14.3. The molecule has 7 rings (SSSR count). The maximum absolute atomic E-state index is 13.5. The smallest absolute Gasteiger partial charge is 0.337 e. The van der Waals surface area contributed by atoms with Crippen LogP contribution in [0.2, 0.25) is 0 Å². The van der Waals surface area contributed by atoms with Gasteiger partial charge in [0.05, 0.1) is 42.3 Å². The Morgan fingerprint density at radius 1 is 0.560 bits per heavy atom. The molecule has 3 heterocycles. The third-order valence-electron chi connectivity index (χ3n) is 16.3. The van der Waals surface area contributed by atoms with Crippen LogP contribution in [0.15, 0.2) is 85.3 Å². The second-order valence-electron chi connectivity index (χ2n) is 23.4. The second-order valence-corrected chi connectivity index (χ2v) is 28.3. The summed E-state index contributed by atoms with van der Waals surface area (Å²) in [5, 5.41) is 17.0. The third kappa shape index (κ3) is 24.8. The standard InChI is InChI=1S/C29H39N3O6S.C21H32N2O5S.C8H8ClNO.C8H9NO2.CH4/c1-20-13-17-30-21(2)25(20)26(33)31-23-11-9-22(10-12-23)19-24(27(34)38-3)32-28(35)29(14-5-6-15-29)16-7-8-18-39(4,36)37;1-28-19(24)18(15-16-7-9-17(22)10-8-16)23-20(25)21(11-3-4-12-21)13-5-6-14-29(2,26)27;1-5-3-4-10-6(2)7(5)8(9)11;1-5-3-4-9-6(2)7(5)8(10)11;/h9-13,17,24H,5-8,14-16,18-19H2,1-4H3,(H,31,33)(H,32,35);7-10,18H,3-6,11-15,22H2,1-2H3,(H,23,25);3-4H,1-2H3;3-4H,1-2H3,(H,10,11);1H4/t24-;18-;;;/m00.../s1. The Morgan fingerprint density at radius 2 is 0.912 bits per heavy atom. The molecule has 0 unspecified atom stereocenters. The number of hydrogen-bond donors (Lipinski definition) is 5. The fraction of sp³-hybridized carbons (Fsp3) is 0.493. The largest absolute Gasteiger partial charge is 0.478 e. The molecule has 6 N–H and O–H groups in total. The number of nitrogens with two attached hydrogens (primary N) is 1. The zero-order valence-electron chi connectivity index (χ0n) is 53.3. The topological polar surface area (TPSA) is 327 Å². The number of halogens is 1. The lowest BCUT2D eigenvalue weighted by molar-refractivity contribution is -0.147. The van der Waals surface area contributed by atoms with Gasteiger partial charge in [-0.1, -0.05) is 70.2 Å². The van der Waals surface area contributed by atoms with E-state index in [0.717, 1.165) is 79.2 Å². The molecule has 0 aliphatic heterocycles. The number of anilines is 2. The van der Waals surface area contributed by atoms with Gasteiger partial charge >= 0.3 is 17.9 Å². The molecule has 24 heteroatoms. The van der Waals surface area contributed by atoms with Gasteiger partial charge in [-0.3, -0.25) is 34.1 Å². The Hall–Kier alpha value is -7.63. The van der Waals surface area contributed by atoms with Crippen LogP contribution >= 0.6 is 11.6 Å². The minimum Gasteiger partial charge on any atom is -0.478 e. The van der Waals surface area contributed by atoms with Crippen molar-refractivity contribution in [3.05, 3.63) is 147 Å². The maximum Gasteiger partial charge on any atom is 0.337 e. The maximum atomic E-state index is 13.5. The monoisotopic (exact) mass is 1320 g/mol. The van der Waals surface area contributed by atoms with Gasteiger partial charge in [0.25, 0.3) is 11.1 Å². The number of aryl methyl sites for hydroxylation is 6. The number of benzene rings is 2. The van der Waals surface area contributed by atoms with Crippen molar-refractivity contribution < 1.29 is 65.0 Å². The van der Waals surface area contributed by atoms with Gasteiger partial charge in [0.2, 0.25) is 11.8 Å². The number of carbonyl (C=O) groups excluding carboxylic acids is 6. The van der Waals surface area contributed by atoms with E-state index in [1.54, 1.807) is 101 Å². The zero-order chi connectivity index (χ0) is 67.0. The summed E-state index contributed by atoms with van der Waals surface area (Å²) in [5.74, 6) is -2.26. The summed E-state index contributed by atoms with van der Waals surface area (Å²) in [6.07, 6.45) is 18.2. The van der Waals surface area contributed by atoms with Crippen LogP contribution in [-0.2, 0) is 61.2 Å². The number of carbonyl (C=O) groups is 7. The summed E-state index contributed by atoms with van der Waals surface area (Å²) in [7, 11) is -3.45. The molecule has 2 aliphatic carbocycles. The van der Waals surface area contributed by atoms with Crippen molar-refractivity contribution in [1.29, 1.82) is 0 Å². The highest BCUT2D eigenvalue weighted by atomic mass is 35.5. The summed E-state index contributed by atoms with van der Waals surface area (Å²) in [5.41, 5.74) is 13.2. The SMILES string of the molecule is C.COC(=O)[C@H](Cc1ccc(N)cc1)NC(=O)C1(CCCCS(C)(=O)=O)CCCC1.COC(=O)[C@H](Cc1ccc(NC(=O)c2c(C)ccnc2C)cc1)NC(=O)C1(CCCCS(C)(=O)=O)CCCC1.Cc1ccnc(C)c1C(=O)Cl.Cc1ccnc(C)c1C(=O)O. The Bertz CT molecular complexity index is 3400. The van der Waals surface area contributed by atoms with Gasteiger partial charge < -0.3 is 36.3 Å². The van der Waals surface area contributed by atoms with Crippen LogP contribution in [0.4, 0.5) is 11.4 Å². The van der Waals surface area contributed by atoms with E-state index in [1.165, 1.54) is 26.7 Å². The highest BCUT2D eigenvalue weighted by molar-refractivity contribution is 7.90. The van der Waals surface area contributed by atoms with Gasteiger partial charge in [-0.15, -0.1) is 0 Å². The number of ether oxygens (including phenoxy) is 2. The molecule has 0 bridgehead atoms. The van der Waals surface area contributed by atoms with Gasteiger partial charge in [-0.05, 0) is 175 Å². The van der Waals surface area contributed by atoms with E-state index in [4.69, 9.17) is 31.9 Å². The number of esters is 2. The van der Waals surface area contributed by atoms with Crippen LogP contribution in [0.3, 0.4) is 0 Å². The summed E-state index contributed by atoms with van der Waals surface area (Å²) < 4.78 is 55.5. The van der Waals surface area contributed by atoms with Crippen molar-refractivity contribution in [3.63, 3.8) is 0 Å². The summed E-state index contributed by atoms with van der Waals surface area (Å²) >= 11 is 5.33. The number of carboxylic acid groups (broad SMARTS) is 1. The third-order valence-corrected chi connectivity index (χ3v) is 18.5. The first-order valence-corrected chi connectivity index (χ1v) is 34.4. The molecule has 3 aromatic heterocycles. The Morgan fingerprint density at radius 3 is 1.22 bits per heavy atom. The minimum absolute atomic E-state index is 0. The van der Waals surface area contributed by atoms with Crippen LogP contribution in [0.1, 0.15) is 173 Å². The summed E-state index contributed by atoms with van der Waals surface area (Å²) in [6, 6.07) is 17.9. The predicted octanol–water partition coefficient (Wildman–Crippen LogP) is 10.3. The quantitative estimate of drug-likeness (QED) is 0.0166. The average molecular weight is 1320 g/mol. The predicted molar refractivity (Wildman–Crippen MR) is 354 cm³/mol. The number of nitrogens with one attached hydrogen (secondary N) is 3. The lowest BCUT2D eigenvalue weighted by Gasteiger charge is -2.30. The van der Waals surface area contributed by atoms with E-state index in [0.29, 0.717) is 90.1 Å². The van der Waals surface area contributed by atoms with Crippen LogP contribution < -0.4 is 21.7 Å². The van der Waals surface area contributed by atoms with Gasteiger partial charge in [0, 0.05) is 83.3 Å². The molecular weight excluding hydrogens is 1230 g/mol. The summed E-state index contributed by atoms with van der Waals surface area (Å²) in [6.45, 7) is 10.7. The van der Waals surface area contributed by atoms with Crippen molar-refractivity contribution in [1.82, 2.24) is 25.6 Å². The van der Waals surface area contributed by atoms with E-state index >= 15 is 0 Å². The van der Waals surface area contributed by atoms with Crippen LogP contribution in [0.25, 0.3) is 0 Å². The molecule has 91 heavy (non-hydrogen) atoms. The molecule has 0 saturated heterocycles. The first kappa shape index (κ1) is 77.6. The number of pyridine rings is 3. The zero-order valence-corrected chi connectivity index (χ0v) is 55.7. The molecule has 21 nitrogen and oxygen atoms in total. The van der Waals surface area contributed by atoms with Gasteiger partial charge in [0.1, 0.15) is 31.8 Å². The number of methoxy groups -OCH3 is 2.